The Kier molecular flexibility index (Phi) is 6.51. The van der Waals surface area contributed by atoms with Crippen molar-refractivity contribution in [1.29, 1.82) is 0 Å². The summed E-state index contributed by atoms with van der Waals surface area (Å²) in [4.78, 5) is 40.7. The number of rotatable bonds is 4. The van der Waals surface area contributed by atoms with Crippen LogP contribution in [0.1, 0.15) is 29.6 Å². The number of benzene rings is 1. The number of carbonyl (C=O) groups is 2. The van der Waals surface area contributed by atoms with E-state index in [4.69, 9.17) is 4.74 Å². The number of hydrogen-bond acceptors (Lipinski definition) is 5. The van der Waals surface area contributed by atoms with E-state index in [9.17, 15) is 24.6 Å². The lowest BCUT2D eigenvalue weighted by molar-refractivity contribution is -0.174. The molecule has 1 aromatic heterocycles. The third kappa shape index (κ3) is 4.33. The topological polar surface area (TPSA) is 112 Å². The fourth-order valence-corrected chi connectivity index (χ4v) is 5.22. The van der Waals surface area contributed by atoms with E-state index in [-0.39, 0.29) is 37.5 Å². The lowest BCUT2D eigenvalue weighted by Crippen LogP contribution is -2.64. The van der Waals surface area contributed by atoms with Crippen molar-refractivity contribution in [2.45, 2.75) is 31.4 Å². The van der Waals surface area contributed by atoms with Crippen molar-refractivity contribution in [3.8, 4) is 11.1 Å². The van der Waals surface area contributed by atoms with Gasteiger partial charge < -0.3 is 29.3 Å². The van der Waals surface area contributed by atoms with Crippen molar-refractivity contribution < 1.29 is 24.5 Å². The number of ether oxygens (including phenoxy) is 1. The molecular formula is C25H31N3O6. The average Bonchev–Trinajstić information content (AvgIpc) is 2.82. The molecule has 2 fully saturated rings. The molecule has 2 N–H and O–H groups in total. The molecule has 0 aliphatic carbocycles. The van der Waals surface area contributed by atoms with E-state index in [2.05, 4.69) is 0 Å². The second-order valence-electron chi connectivity index (χ2n) is 9.51. The maximum absolute atomic E-state index is 13.2. The molecule has 2 aliphatic rings. The summed E-state index contributed by atoms with van der Waals surface area (Å²) >= 11 is 0. The van der Waals surface area contributed by atoms with Gasteiger partial charge in [-0.15, -0.1) is 0 Å². The highest BCUT2D eigenvalue weighted by Crippen LogP contribution is 2.47. The molecule has 2 amide bonds. The Bertz CT molecular complexity index is 1120. The van der Waals surface area contributed by atoms with Crippen LogP contribution in [0, 0.1) is 5.41 Å². The van der Waals surface area contributed by atoms with Gasteiger partial charge in [-0.25, -0.2) is 4.79 Å². The first-order valence-electron chi connectivity index (χ1n) is 11.5. The minimum absolute atomic E-state index is 0.0257. The summed E-state index contributed by atoms with van der Waals surface area (Å²) in [6, 6.07) is 10.7. The first kappa shape index (κ1) is 24.0. The highest BCUT2D eigenvalue weighted by molar-refractivity contribution is 6.00. The third-order valence-corrected chi connectivity index (χ3v) is 7.28. The number of aliphatic hydroxyl groups is 1. The number of aromatic nitrogens is 1. The summed E-state index contributed by atoms with van der Waals surface area (Å²) < 4.78 is 6.91. The van der Waals surface area contributed by atoms with Crippen LogP contribution in [0.4, 0.5) is 4.79 Å². The van der Waals surface area contributed by atoms with E-state index in [1.165, 1.54) is 26.6 Å². The quantitative estimate of drug-likeness (QED) is 0.710. The second-order valence-corrected chi connectivity index (χ2v) is 9.51. The predicted molar refractivity (Wildman–Crippen MR) is 126 cm³/mol. The van der Waals surface area contributed by atoms with Crippen molar-refractivity contribution in [3.05, 3.63) is 58.5 Å². The van der Waals surface area contributed by atoms with Gasteiger partial charge in [0.1, 0.15) is 0 Å². The maximum atomic E-state index is 13.2. The largest absolute Gasteiger partial charge is 0.465 e. The molecule has 4 rings (SSSR count). The Morgan fingerprint density at radius 1 is 1.12 bits per heavy atom. The van der Waals surface area contributed by atoms with Crippen molar-refractivity contribution in [2.75, 3.05) is 40.4 Å². The number of piperidine rings is 1. The summed E-state index contributed by atoms with van der Waals surface area (Å²) in [5.74, 6) is -0.249. The molecule has 2 aromatic rings. The van der Waals surface area contributed by atoms with Crippen LogP contribution >= 0.6 is 0 Å². The van der Waals surface area contributed by atoms with E-state index in [1.807, 2.05) is 30.3 Å². The molecule has 1 atom stereocenters. The number of carboxylic acid groups (broad SMARTS) is 1. The second kappa shape index (κ2) is 9.23. The summed E-state index contributed by atoms with van der Waals surface area (Å²) in [6.45, 7) is 1.17. The number of pyridine rings is 1. The number of likely N-dealkylation sites (tertiary alicyclic amines) is 1. The highest BCUT2D eigenvalue weighted by atomic mass is 16.5. The zero-order chi connectivity index (χ0) is 24.5. The molecule has 1 aromatic carbocycles. The zero-order valence-electron chi connectivity index (χ0n) is 19.6. The van der Waals surface area contributed by atoms with Crippen LogP contribution in [-0.4, -0.2) is 82.6 Å². The smallest absolute Gasteiger partial charge is 0.407 e. The molecule has 1 unspecified atom stereocenters. The summed E-state index contributed by atoms with van der Waals surface area (Å²) in [5, 5.41) is 21.5. The molecule has 1 spiro atoms. The van der Waals surface area contributed by atoms with E-state index in [0.29, 0.717) is 37.2 Å². The van der Waals surface area contributed by atoms with Gasteiger partial charge in [-0.3, -0.25) is 9.59 Å². The standard InChI is InChI=1S/C25H31N3O6/c1-26(2)22(30)20-15-28(21(29)14-19(20)18-6-4-3-5-7-18)17-25(33)8-11-27(23(31)32)16-24(25)9-12-34-13-10-24/h3-7,14-15,33H,8-13,16-17H2,1-2H3,(H,31,32). The van der Waals surface area contributed by atoms with Gasteiger partial charge >= 0.3 is 6.09 Å². The van der Waals surface area contributed by atoms with E-state index >= 15 is 0 Å². The van der Waals surface area contributed by atoms with Gasteiger partial charge in [0.25, 0.3) is 11.5 Å². The molecular weight excluding hydrogens is 438 g/mol. The SMILES string of the molecule is CN(C)C(=O)c1cn(CC2(O)CCN(C(=O)O)CC23CCOCC3)c(=O)cc1-c1ccccc1. The van der Waals surface area contributed by atoms with Crippen molar-refractivity contribution in [1.82, 2.24) is 14.4 Å². The molecule has 9 nitrogen and oxygen atoms in total. The lowest BCUT2D eigenvalue weighted by Gasteiger charge is -2.54. The molecule has 2 saturated heterocycles. The number of amides is 2. The first-order chi connectivity index (χ1) is 16.2. The van der Waals surface area contributed by atoms with E-state index in [0.717, 1.165) is 5.56 Å². The van der Waals surface area contributed by atoms with Crippen LogP contribution in [0.25, 0.3) is 11.1 Å². The monoisotopic (exact) mass is 469 g/mol. The van der Waals surface area contributed by atoms with Gasteiger partial charge in [0.15, 0.2) is 0 Å². The summed E-state index contributed by atoms with van der Waals surface area (Å²) in [6.07, 6.45) is 1.70. The Labute approximate surface area is 198 Å². The lowest BCUT2D eigenvalue weighted by atomic mass is 9.63. The molecule has 0 saturated carbocycles. The number of carbonyl (C=O) groups excluding carboxylic acids is 1. The fraction of sp³-hybridized carbons (Fsp3) is 0.480. The Balaban J connectivity index is 1.77. The highest BCUT2D eigenvalue weighted by Gasteiger charge is 2.55. The Morgan fingerprint density at radius 2 is 1.79 bits per heavy atom. The van der Waals surface area contributed by atoms with Crippen LogP contribution in [0.3, 0.4) is 0 Å². The van der Waals surface area contributed by atoms with Crippen molar-refractivity contribution in [2.24, 2.45) is 5.41 Å². The Hall–Kier alpha value is -3.17. The average molecular weight is 470 g/mol. The van der Waals surface area contributed by atoms with Gasteiger partial charge in [0.2, 0.25) is 0 Å². The summed E-state index contributed by atoms with van der Waals surface area (Å²) in [7, 11) is 3.30. The maximum Gasteiger partial charge on any atom is 0.407 e. The van der Waals surface area contributed by atoms with E-state index < -0.39 is 17.1 Å². The van der Waals surface area contributed by atoms with Crippen molar-refractivity contribution in [3.63, 3.8) is 0 Å². The molecule has 3 heterocycles. The van der Waals surface area contributed by atoms with Gasteiger partial charge in [0, 0.05) is 63.6 Å². The minimum atomic E-state index is -1.32. The number of hydrogen-bond donors (Lipinski definition) is 2. The molecule has 182 valence electrons. The van der Waals surface area contributed by atoms with Crippen LogP contribution < -0.4 is 5.56 Å². The number of nitrogens with zero attached hydrogens (tertiary/aromatic N) is 3. The van der Waals surface area contributed by atoms with Crippen LogP contribution in [0.5, 0.6) is 0 Å². The fourth-order valence-electron chi connectivity index (χ4n) is 5.22. The third-order valence-electron chi connectivity index (χ3n) is 7.28. The van der Waals surface area contributed by atoms with Crippen LogP contribution in [0.2, 0.25) is 0 Å². The first-order valence-corrected chi connectivity index (χ1v) is 11.5. The minimum Gasteiger partial charge on any atom is -0.465 e. The van der Waals surface area contributed by atoms with Crippen molar-refractivity contribution >= 4 is 12.0 Å². The predicted octanol–water partition coefficient (Wildman–Crippen LogP) is 2.13. The normalized spacial score (nSPS) is 21.9. The summed E-state index contributed by atoms with van der Waals surface area (Å²) in [5.41, 5.74) is -0.723. The molecule has 2 aliphatic heterocycles. The van der Waals surface area contributed by atoms with E-state index in [1.54, 1.807) is 14.1 Å². The van der Waals surface area contributed by atoms with Crippen LogP contribution in [-0.2, 0) is 11.3 Å². The van der Waals surface area contributed by atoms with Crippen LogP contribution in [0.15, 0.2) is 47.4 Å². The molecule has 9 heteroatoms. The Morgan fingerprint density at radius 3 is 2.41 bits per heavy atom. The zero-order valence-corrected chi connectivity index (χ0v) is 19.6. The molecule has 0 radical (unpaired) electrons. The van der Waals surface area contributed by atoms with Gasteiger partial charge in [-0.05, 0) is 24.8 Å². The van der Waals surface area contributed by atoms with Gasteiger partial charge in [-0.1, -0.05) is 30.3 Å². The molecule has 34 heavy (non-hydrogen) atoms. The molecule has 0 bridgehead atoms. The van der Waals surface area contributed by atoms with Gasteiger partial charge in [0.05, 0.1) is 17.7 Å². The van der Waals surface area contributed by atoms with Gasteiger partial charge in [-0.2, -0.15) is 0 Å².